The van der Waals surface area contributed by atoms with Crippen LogP contribution in [0.4, 0.5) is 5.69 Å². The molecule has 1 heterocycles. The van der Waals surface area contributed by atoms with E-state index in [1.165, 1.54) is 25.7 Å². The minimum Gasteiger partial charge on any atom is -0.481 e. The van der Waals surface area contributed by atoms with Crippen LogP contribution in [-0.2, 0) is 0 Å². The van der Waals surface area contributed by atoms with Crippen LogP contribution in [0.3, 0.4) is 0 Å². The number of ether oxygens (including phenoxy) is 1. The Labute approximate surface area is 97.2 Å². The highest BCUT2D eigenvalue weighted by molar-refractivity contribution is 5.45. The molecule has 1 fully saturated rings. The van der Waals surface area contributed by atoms with Gasteiger partial charge in [0.2, 0.25) is 5.88 Å². The minimum atomic E-state index is 0.607. The molecule has 1 aliphatic carbocycles. The first kappa shape index (κ1) is 11.2. The second kappa shape index (κ2) is 5.19. The van der Waals surface area contributed by atoms with Crippen LogP contribution in [-0.4, -0.2) is 18.1 Å². The predicted molar refractivity (Wildman–Crippen MR) is 65.8 cm³/mol. The summed E-state index contributed by atoms with van der Waals surface area (Å²) in [6.07, 6.45) is 7.03. The SMILES string of the molecule is COc1cc(NC2CCCC(C)C2)ccn1. The molecule has 3 nitrogen and oxygen atoms in total. The standard InChI is InChI=1S/C13H20N2O/c1-10-4-3-5-11(8-10)15-12-6-7-14-13(9-12)16-2/h6-7,9-11H,3-5,8H2,1-2H3,(H,14,15). The normalized spacial score (nSPS) is 25.1. The summed E-state index contributed by atoms with van der Waals surface area (Å²) in [7, 11) is 1.65. The van der Waals surface area contributed by atoms with Gasteiger partial charge in [0, 0.05) is 24.0 Å². The summed E-state index contributed by atoms with van der Waals surface area (Å²) in [5.41, 5.74) is 1.12. The Morgan fingerprint density at radius 1 is 1.44 bits per heavy atom. The largest absolute Gasteiger partial charge is 0.481 e. The molecule has 1 aromatic heterocycles. The summed E-state index contributed by atoms with van der Waals surface area (Å²) in [5.74, 6) is 1.52. The van der Waals surface area contributed by atoms with Gasteiger partial charge in [-0.2, -0.15) is 0 Å². The molecule has 0 bridgehead atoms. The Morgan fingerprint density at radius 3 is 3.06 bits per heavy atom. The molecule has 0 saturated heterocycles. The lowest BCUT2D eigenvalue weighted by atomic mass is 9.87. The van der Waals surface area contributed by atoms with E-state index in [0.717, 1.165) is 11.6 Å². The fourth-order valence-electron chi connectivity index (χ4n) is 2.41. The van der Waals surface area contributed by atoms with Crippen molar-refractivity contribution in [1.29, 1.82) is 0 Å². The molecule has 2 atom stereocenters. The second-order valence-electron chi connectivity index (χ2n) is 4.70. The molecular formula is C13H20N2O. The van der Waals surface area contributed by atoms with Crippen molar-refractivity contribution in [3.8, 4) is 5.88 Å². The van der Waals surface area contributed by atoms with Crippen LogP contribution in [0.1, 0.15) is 32.6 Å². The topological polar surface area (TPSA) is 34.1 Å². The molecule has 0 aliphatic heterocycles. The summed E-state index contributed by atoms with van der Waals surface area (Å²) in [6, 6.07) is 4.57. The molecule has 1 saturated carbocycles. The maximum absolute atomic E-state index is 5.11. The number of methoxy groups -OCH3 is 1. The molecule has 1 N–H and O–H groups in total. The molecule has 2 unspecified atom stereocenters. The molecule has 0 radical (unpaired) electrons. The molecule has 0 spiro atoms. The van der Waals surface area contributed by atoms with Gasteiger partial charge in [-0.05, 0) is 24.8 Å². The average molecular weight is 220 g/mol. The Bertz CT molecular complexity index is 340. The molecule has 0 amide bonds. The molecule has 0 aromatic carbocycles. The Hall–Kier alpha value is -1.25. The van der Waals surface area contributed by atoms with Crippen LogP contribution in [0.25, 0.3) is 0 Å². The number of rotatable bonds is 3. The maximum atomic E-state index is 5.11. The average Bonchev–Trinajstić information content (AvgIpc) is 2.29. The smallest absolute Gasteiger partial charge is 0.214 e. The van der Waals surface area contributed by atoms with Crippen molar-refractivity contribution in [3.05, 3.63) is 18.3 Å². The summed E-state index contributed by atoms with van der Waals surface area (Å²) >= 11 is 0. The zero-order chi connectivity index (χ0) is 11.4. The number of anilines is 1. The first-order valence-corrected chi connectivity index (χ1v) is 6.04. The lowest BCUT2D eigenvalue weighted by Gasteiger charge is -2.28. The highest BCUT2D eigenvalue weighted by Crippen LogP contribution is 2.26. The summed E-state index contributed by atoms with van der Waals surface area (Å²) in [5, 5.41) is 3.57. The van der Waals surface area contributed by atoms with Crippen molar-refractivity contribution in [2.24, 2.45) is 5.92 Å². The number of hydrogen-bond acceptors (Lipinski definition) is 3. The van der Waals surface area contributed by atoms with Crippen LogP contribution < -0.4 is 10.1 Å². The predicted octanol–water partition coefficient (Wildman–Crippen LogP) is 3.08. The van der Waals surface area contributed by atoms with Gasteiger partial charge in [0.25, 0.3) is 0 Å². The minimum absolute atomic E-state index is 0.607. The molecule has 3 heteroatoms. The fourth-order valence-corrected chi connectivity index (χ4v) is 2.41. The van der Waals surface area contributed by atoms with Crippen molar-refractivity contribution >= 4 is 5.69 Å². The molecule has 2 rings (SSSR count). The highest BCUT2D eigenvalue weighted by Gasteiger charge is 2.18. The Balaban J connectivity index is 1.97. The van der Waals surface area contributed by atoms with E-state index in [9.17, 15) is 0 Å². The van der Waals surface area contributed by atoms with Crippen molar-refractivity contribution in [2.75, 3.05) is 12.4 Å². The van der Waals surface area contributed by atoms with E-state index in [-0.39, 0.29) is 0 Å². The van der Waals surface area contributed by atoms with Crippen LogP contribution in [0.15, 0.2) is 18.3 Å². The van der Waals surface area contributed by atoms with Crippen LogP contribution in [0.2, 0.25) is 0 Å². The van der Waals surface area contributed by atoms with E-state index in [0.29, 0.717) is 11.9 Å². The van der Waals surface area contributed by atoms with E-state index in [1.807, 2.05) is 12.1 Å². The van der Waals surface area contributed by atoms with E-state index in [1.54, 1.807) is 13.3 Å². The van der Waals surface area contributed by atoms with E-state index >= 15 is 0 Å². The number of nitrogens with one attached hydrogen (secondary N) is 1. The van der Waals surface area contributed by atoms with Crippen molar-refractivity contribution in [1.82, 2.24) is 4.98 Å². The Morgan fingerprint density at radius 2 is 2.31 bits per heavy atom. The number of aromatic nitrogens is 1. The van der Waals surface area contributed by atoms with Gasteiger partial charge in [0.1, 0.15) is 0 Å². The van der Waals surface area contributed by atoms with Gasteiger partial charge < -0.3 is 10.1 Å². The Kier molecular flexibility index (Phi) is 3.65. The van der Waals surface area contributed by atoms with Gasteiger partial charge in [-0.25, -0.2) is 4.98 Å². The van der Waals surface area contributed by atoms with Crippen LogP contribution in [0, 0.1) is 5.92 Å². The van der Waals surface area contributed by atoms with Gasteiger partial charge >= 0.3 is 0 Å². The number of nitrogens with zero attached hydrogens (tertiary/aromatic N) is 1. The third kappa shape index (κ3) is 2.87. The molecule has 1 aromatic rings. The highest BCUT2D eigenvalue weighted by atomic mass is 16.5. The first-order valence-electron chi connectivity index (χ1n) is 6.04. The number of pyridine rings is 1. The zero-order valence-electron chi connectivity index (χ0n) is 10.1. The third-order valence-electron chi connectivity index (χ3n) is 3.25. The van der Waals surface area contributed by atoms with E-state index in [2.05, 4.69) is 17.2 Å². The lowest BCUT2D eigenvalue weighted by Crippen LogP contribution is -2.26. The fraction of sp³-hybridized carbons (Fsp3) is 0.615. The van der Waals surface area contributed by atoms with Crippen molar-refractivity contribution < 1.29 is 4.74 Å². The van der Waals surface area contributed by atoms with Crippen LogP contribution >= 0.6 is 0 Å². The summed E-state index contributed by atoms with van der Waals surface area (Å²) in [6.45, 7) is 2.33. The lowest BCUT2D eigenvalue weighted by molar-refractivity contribution is 0.358. The molecular weight excluding hydrogens is 200 g/mol. The van der Waals surface area contributed by atoms with Gasteiger partial charge in [-0.3, -0.25) is 0 Å². The van der Waals surface area contributed by atoms with E-state index < -0.39 is 0 Å². The van der Waals surface area contributed by atoms with Gasteiger partial charge in [0.15, 0.2) is 0 Å². The second-order valence-corrected chi connectivity index (χ2v) is 4.70. The zero-order valence-corrected chi connectivity index (χ0v) is 10.1. The number of hydrogen-bond donors (Lipinski definition) is 1. The van der Waals surface area contributed by atoms with Crippen molar-refractivity contribution in [2.45, 2.75) is 38.6 Å². The first-order chi connectivity index (χ1) is 7.78. The maximum Gasteiger partial charge on any atom is 0.214 e. The quantitative estimate of drug-likeness (QED) is 0.850. The monoisotopic (exact) mass is 220 g/mol. The third-order valence-corrected chi connectivity index (χ3v) is 3.25. The van der Waals surface area contributed by atoms with Crippen LogP contribution in [0.5, 0.6) is 5.88 Å². The van der Waals surface area contributed by atoms with Gasteiger partial charge in [-0.15, -0.1) is 0 Å². The van der Waals surface area contributed by atoms with Gasteiger partial charge in [0.05, 0.1) is 7.11 Å². The van der Waals surface area contributed by atoms with Gasteiger partial charge in [-0.1, -0.05) is 19.8 Å². The molecule has 88 valence electrons. The van der Waals surface area contributed by atoms with E-state index in [4.69, 9.17) is 4.74 Å². The van der Waals surface area contributed by atoms with Crippen molar-refractivity contribution in [3.63, 3.8) is 0 Å². The molecule has 1 aliphatic rings. The summed E-state index contributed by atoms with van der Waals surface area (Å²) < 4.78 is 5.11. The summed E-state index contributed by atoms with van der Waals surface area (Å²) in [4.78, 5) is 4.10. The molecule has 16 heavy (non-hydrogen) atoms.